The molecule has 1 rings (SSSR count). The van der Waals surface area contributed by atoms with Crippen molar-refractivity contribution in [3.05, 3.63) is 35.9 Å². The van der Waals surface area contributed by atoms with Gasteiger partial charge in [0.15, 0.2) is 0 Å². The van der Waals surface area contributed by atoms with Gasteiger partial charge in [0.05, 0.1) is 6.54 Å². The van der Waals surface area contributed by atoms with Crippen molar-refractivity contribution in [1.82, 2.24) is 10.2 Å². The van der Waals surface area contributed by atoms with Crippen molar-refractivity contribution in [3.8, 4) is 0 Å². The van der Waals surface area contributed by atoms with Gasteiger partial charge in [0, 0.05) is 25.2 Å². The number of halogens is 1. The number of amides is 2. The molecule has 0 aliphatic heterocycles. The average molecular weight is 286 g/mol. The van der Waals surface area contributed by atoms with Gasteiger partial charge in [-0.1, -0.05) is 18.2 Å². The van der Waals surface area contributed by atoms with Crippen molar-refractivity contribution in [2.24, 2.45) is 5.73 Å². The van der Waals surface area contributed by atoms with Crippen LogP contribution in [0.5, 0.6) is 0 Å². The van der Waals surface area contributed by atoms with E-state index in [1.807, 2.05) is 13.0 Å². The number of hydrogen-bond donors (Lipinski definition) is 2. The number of carbonyl (C=O) groups is 2. The minimum atomic E-state index is -0.252. The summed E-state index contributed by atoms with van der Waals surface area (Å²) in [4.78, 5) is 25.0. The lowest BCUT2D eigenvalue weighted by atomic mass is 10.2. The van der Waals surface area contributed by atoms with E-state index in [9.17, 15) is 9.59 Å². The number of rotatable bonds is 5. The zero-order valence-corrected chi connectivity index (χ0v) is 11.9. The van der Waals surface area contributed by atoms with Gasteiger partial charge in [0.25, 0.3) is 5.91 Å². The third kappa shape index (κ3) is 5.28. The maximum absolute atomic E-state index is 11.7. The Morgan fingerprint density at radius 3 is 2.42 bits per heavy atom. The summed E-state index contributed by atoms with van der Waals surface area (Å²) in [5, 5.41) is 2.59. The standard InChI is InChI=1S/C13H19N3O2.ClH/c1-10(8-14)16(2)12(17)9-15-13(18)11-6-4-3-5-7-11;/h3-7,10H,8-9,14H2,1-2H3,(H,15,18);1H. The van der Waals surface area contributed by atoms with Crippen LogP contribution in [0.4, 0.5) is 0 Å². The van der Waals surface area contributed by atoms with Gasteiger partial charge >= 0.3 is 0 Å². The van der Waals surface area contributed by atoms with Gasteiger partial charge < -0.3 is 16.0 Å². The van der Waals surface area contributed by atoms with Crippen molar-refractivity contribution in [1.29, 1.82) is 0 Å². The summed E-state index contributed by atoms with van der Waals surface area (Å²) >= 11 is 0. The Labute approximate surface area is 119 Å². The number of benzene rings is 1. The molecule has 0 heterocycles. The second-order valence-electron chi connectivity index (χ2n) is 4.14. The fourth-order valence-corrected chi connectivity index (χ4v) is 1.38. The topological polar surface area (TPSA) is 75.4 Å². The Morgan fingerprint density at radius 1 is 1.32 bits per heavy atom. The van der Waals surface area contributed by atoms with Crippen LogP contribution >= 0.6 is 12.4 Å². The molecule has 0 aliphatic carbocycles. The predicted molar refractivity (Wildman–Crippen MR) is 77.3 cm³/mol. The molecule has 2 amide bonds. The Hall–Kier alpha value is -1.59. The van der Waals surface area contributed by atoms with Crippen molar-refractivity contribution in [3.63, 3.8) is 0 Å². The molecule has 0 saturated heterocycles. The predicted octanol–water partition coefficient (Wildman–Crippen LogP) is 0.644. The van der Waals surface area contributed by atoms with Crippen LogP contribution in [0.25, 0.3) is 0 Å². The summed E-state index contributed by atoms with van der Waals surface area (Å²) in [6, 6.07) is 8.75. The zero-order valence-electron chi connectivity index (χ0n) is 11.1. The molecule has 0 spiro atoms. The number of nitrogens with one attached hydrogen (secondary N) is 1. The molecule has 0 aromatic heterocycles. The molecule has 1 atom stereocenters. The van der Waals surface area contributed by atoms with Crippen molar-refractivity contribution >= 4 is 24.2 Å². The first-order valence-corrected chi connectivity index (χ1v) is 5.85. The average Bonchev–Trinajstić information content (AvgIpc) is 2.43. The van der Waals surface area contributed by atoms with Crippen LogP contribution in [0.1, 0.15) is 17.3 Å². The first kappa shape index (κ1) is 17.4. The van der Waals surface area contributed by atoms with E-state index < -0.39 is 0 Å². The number of nitrogens with zero attached hydrogens (tertiary/aromatic N) is 1. The maximum Gasteiger partial charge on any atom is 0.251 e. The van der Waals surface area contributed by atoms with E-state index >= 15 is 0 Å². The highest BCUT2D eigenvalue weighted by Crippen LogP contribution is 1.98. The van der Waals surface area contributed by atoms with Crippen molar-refractivity contribution in [2.45, 2.75) is 13.0 Å². The molecule has 0 aliphatic rings. The van der Waals surface area contributed by atoms with E-state index in [-0.39, 0.29) is 36.8 Å². The van der Waals surface area contributed by atoms with Crippen LogP contribution in [0.2, 0.25) is 0 Å². The van der Waals surface area contributed by atoms with E-state index in [1.165, 1.54) is 4.90 Å². The zero-order chi connectivity index (χ0) is 13.5. The van der Waals surface area contributed by atoms with Crippen LogP contribution in [0, 0.1) is 0 Å². The lowest BCUT2D eigenvalue weighted by Crippen LogP contribution is -2.44. The molecule has 106 valence electrons. The number of hydrogen-bond acceptors (Lipinski definition) is 3. The third-order valence-corrected chi connectivity index (χ3v) is 2.83. The van der Waals surface area contributed by atoms with Gasteiger partial charge in [0.2, 0.25) is 5.91 Å². The van der Waals surface area contributed by atoms with Crippen LogP contribution in [-0.2, 0) is 4.79 Å². The molecular formula is C13H20ClN3O2. The second-order valence-corrected chi connectivity index (χ2v) is 4.14. The SMILES string of the molecule is CC(CN)N(C)C(=O)CNC(=O)c1ccccc1.Cl. The first-order chi connectivity index (χ1) is 8.56. The fourth-order valence-electron chi connectivity index (χ4n) is 1.38. The van der Waals surface area contributed by atoms with Crippen LogP contribution in [0.15, 0.2) is 30.3 Å². The smallest absolute Gasteiger partial charge is 0.251 e. The fraction of sp³-hybridized carbons (Fsp3) is 0.385. The molecule has 0 radical (unpaired) electrons. The van der Waals surface area contributed by atoms with Crippen molar-refractivity contribution < 1.29 is 9.59 Å². The second kappa shape index (κ2) is 8.50. The third-order valence-electron chi connectivity index (χ3n) is 2.83. The van der Waals surface area contributed by atoms with Gasteiger partial charge in [-0.2, -0.15) is 0 Å². The van der Waals surface area contributed by atoms with Crippen LogP contribution in [-0.4, -0.2) is 42.9 Å². The summed E-state index contributed by atoms with van der Waals surface area (Å²) < 4.78 is 0. The molecule has 19 heavy (non-hydrogen) atoms. The highest BCUT2D eigenvalue weighted by molar-refractivity contribution is 5.96. The Balaban J connectivity index is 0.00000324. The van der Waals surface area contributed by atoms with Crippen LogP contribution < -0.4 is 11.1 Å². The summed E-state index contributed by atoms with van der Waals surface area (Å²) in [6.07, 6.45) is 0. The van der Waals surface area contributed by atoms with Gasteiger partial charge in [-0.3, -0.25) is 9.59 Å². The summed E-state index contributed by atoms with van der Waals surface area (Å²) in [5.74, 6) is -0.407. The summed E-state index contributed by atoms with van der Waals surface area (Å²) in [6.45, 7) is 2.24. The molecule has 0 saturated carbocycles. The Bertz CT molecular complexity index is 412. The molecule has 0 fully saturated rings. The number of nitrogens with two attached hydrogens (primary N) is 1. The lowest BCUT2D eigenvalue weighted by Gasteiger charge is -2.23. The molecule has 1 aromatic rings. The minimum Gasteiger partial charge on any atom is -0.343 e. The quantitative estimate of drug-likeness (QED) is 0.834. The Kier molecular flexibility index (Phi) is 7.79. The molecular weight excluding hydrogens is 266 g/mol. The summed E-state index contributed by atoms with van der Waals surface area (Å²) in [5.41, 5.74) is 6.02. The van der Waals surface area contributed by atoms with E-state index in [0.717, 1.165) is 0 Å². The highest BCUT2D eigenvalue weighted by Gasteiger charge is 2.15. The van der Waals surface area contributed by atoms with Gasteiger partial charge in [0.1, 0.15) is 0 Å². The normalized spacial score (nSPS) is 11.1. The van der Waals surface area contributed by atoms with E-state index in [2.05, 4.69) is 5.32 Å². The van der Waals surface area contributed by atoms with E-state index in [0.29, 0.717) is 12.1 Å². The molecule has 6 heteroatoms. The van der Waals surface area contributed by atoms with Crippen LogP contribution in [0.3, 0.4) is 0 Å². The maximum atomic E-state index is 11.7. The number of carbonyl (C=O) groups excluding carboxylic acids is 2. The highest BCUT2D eigenvalue weighted by atomic mass is 35.5. The van der Waals surface area contributed by atoms with E-state index in [1.54, 1.807) is 31.3 Å². The first-order valence-electron chi connectivity index (χ1n) is 5.85. The van der Waals surface area contributed by atoms with Crippen molar-refractivity contribution in [2.75, 3.05) is 20.1 Å². The largest absolute Gasteiger partial charge is 0.343 e. The minimum absolute atomic E-state index is 0. The summed E-state index contributed by atoms with van der Waals surface area (Å²) in [7, 11) is 1.68. The van der Waals surface area contributed by atoms with E-state index in [4.69, 9.17) is 5.73 Å². The van der Waals surface area contributed by atoms with Gasteiger partial charge in [-0.05, 0) is 19.1 Å². The monoisotopic (exact) mass is 285 g/mol. The van der Waals surface area contributed by atoms with Gasteiger partial charge in [-0.15, -0.1) is 12.4 Å². The molecule has 1 unspecified atom stereocenters. The molecule has 3 N–H and O–H groups in total. The molecule has 0 bridgehead atoms. The number of likely N-dealkylation sites (N-methyl/N-ethyl adjacent to an activating group) is 1. The lowest BCUT2D eigenvalue weighted by molar-refractivity contribution is -0.130. The Morgan fingerprint density at radius 2 is 1.89 bits per heavy atom. The molecule has 5 nitrogen and oxygen atoms in total. The molecule has 1 aromatic carbocycles. The van der Waals surface area contributed by atoms with Gasteiger partial charge in [-0.25, -0.2) is 0 Å².